The second kappa shape index (κ2) is 6.17. The van der Waals surface area contributed by atoms with Gasteiger partial charge in [-0.3, -0.25) is 11.3 Å². The predicted molar refractivity (Wildman–Crippen MR) is 58.8 cm³/mol. The Morgan fingerprint density at radius 1 is 1.57 bits per heavy atom. The third-order valence-electron chi connectivity index (χ3n) is 2.94. The molecule has 0 aromatic rings. The molecule has 3 nitrogen and oxygen atoms in total. The lowest BCUT2D eigenvalue weighted by molar-refractivity contribution is 0.103. The highest BCUT2D eigenvalue weighted by atomic mass is 16.5. The first-order valence-electron chi connectivity index (χ1n) is 5.45. The van der Waals surface area contributed by atoms with E-state index in [-0.39, 0.29) is 6.10 Å². The van der Waals surface area contributed by atoms with E-state index in [9.17, 15) is 0 Å². The van der Waals surface area contributed by atoms with Crippen molar-refractivity contribution >= 4 is 0 Å². The Hall–Kier alpha value is -0.380. The molecule has 14 heavy (non-hydrogen) atoms. The number of rotatable bonds is 5. The molecule has 0 aromatic carbocycles. The smallest absolute Gasteiger partial charge is 0.0561 e. The molecule has 3 heteroatoms. The molecular weight excluding hydrogens is 176 g/mol. The lowest BCUT2D eigenvalue weighted by atomic mass is 9.91. The average Bonchev–Trinajstić information content (AvgIpc) is 2.26. The fourth-order valence-corrected chi connectivity index (χ4v) is 1.93. The van der Waals surface area contributed by atoms with Crippen LogP contribution in [0.1, 0.15) is 39.0 Å². The first kappa shape index (κ1) is 11.7. The number of allylic oxidation sites excluding steroid dienone is 1. The first-order valence-corrected chi connectivity index (χ1v) is 5.45. The van der Waals surface area contributed by atoms with Crippen LogP contribution in [0.15, 0.2) is 11.6 Å². The molecule has 0 bridgehead atoms. The summed E-state index contributed by atoms with van der Waals surface area (Å²) in [5.41, 5.74) is 4.35. The molecule has 1 aliphatic carbocycles. The van der Waals surface area contributed by atoms with E-state index in [1.807, 2.05) is 0 Å². The minimum atomic E-state index is 0.263. The number of nitrogens with one attached hydrogen (secondary N) is 1. The van der Waals surface area contributed by atoms with E-state index in [2.05, 4.69) is 18.4 Å². The molecule has 0 heterocycles. The van der Waals surface area contributed by atoms with Crippen molar-refractivity contribution in [2.45, 2.75) is 51.2 Å². The van der Waals surface area contributed by atoms with Crippen molar-refractivity contribution in [2.24, 2.45) is 5.84 Å². The second-order valence-electron chi connectivity index (χ2n) is 4.03. The Morgan fingerprint density at radius 2 is 2.36 bits per heavy atom. The van der Waals surface area contributed by atoms with E-state index < -0.39 is 0 Å². The van der Waals surface area contributed by atoms with Crippen molar-refractivity contribution in [1.82, 2.24) is 5.43 Å². The lowest BCUT2D eigenvalue weighted by Crippen LogP contribution is -2.39. The van der Waals surface area contributed by atoms with E-state index >= 15 is 0 Å². The maximum atomic E-state index is 5.56. The van der Waals surface area contributed by atoms with Gasteiger partial charge in [0.15, 0.2) is 0 Å². The second-order valence-corrected chi connectivity index (χ2v) is 4.03. The Bertz CT molecular complexity index is 192. The van der Waals surface area contributed by atoms with Crippen molar-refractivity contribution in [2.75, 3.05) is 7.11 Å². The zero-order valence-electron chi connectivity index (χ0n) is 9.25. The van der Waals surface area contributed by atoms with Gasteiger partial charge in [0.1, 0.15) is 0 Å². The SMILES string of the molecule is COC(C)CC(NN)C1=CCCCC1. The van der Waals surface area contributed by atoms with Gasteiger partial charge in [-0.25, -0.2) is 0 Å². The van der Waals surface area contributed by atoms with Crippen molar-refractivity contribution in [3.8, 4) is 0 Å². The standard InChI is InChI=1S/C11H22N2O/c1-9(14-2)8-11(13-12)10-6-4-3-5-7-10/h6,9,11,13H,3-5,7-8,12H2,1-2H3. The van der Waals surface area contributed by atoms with Crippen LogP contribution in [0.5, 0.6) is 0 Å². The van der Waals surface area contributed by atoms with Crippen LogP contribution in [0, 0.1) is 0 Å². The summed E-state index contributed by atoms with van der Waals surface area (Å²) in [6, 6.07) is 0.297. The summed E-state index contributed by atoms with van der Waals surface area (Å²) in [6.45, 7) is 2.08. The van der Waals surface area contributed by atoms with E-state index in [0.717, 1.165) is 6.42 Å². The zero-order valence-corrected chi connectivity index (χ0v) is 9.25. The minimum absolute atomic E-state index is 0.263. The lowest BCUT2D eigenvalue weighted by Gasteiger charge is -2.24. The van der Waals surface area contributed by atoms with Crippen LogP contribution in [0.25, 0.3) is 0 Å². The fraction of sp³-hybridized carbons (Fsp3) is 0.818. The van der Waals surface area contributed by atoms with Gasteiger partial charge in [0.2, 0.25) is 0 Å². The maximum absolute atomic E-state index is 5.56. The molecule has 0 amide bonds. The molecule has 1 aliphatic rings. The normalized spacial score (nSPS) is 21.5. The van der Waals surface area contributed by atoms with Crippen molar-refractivity contribution in [3.63, 3.8) is 0 Å². The Morgan fingerprint density at radius 3 is 2.86 bits per heavy atom. The molecule has 0 aromatic heterocycles. The largest absolute Gasteiger partial charge is 0.382 e. The quantitative estimate of drug-likeness (QED) is 0.402. The van der Waals surface area contributed by atoms with E-state index in [1.54, 1.807) is 7.11 Å². The van der Waals surface area contributed by atoms with Crippen molar-refractivity contribution in [1.29, 1.82) is 0 Å². The zero-order chi connectivity index (χ0) is 10.4. The number of hydrogen-bond donors (Lipinski definition) is 2. The van der Waals surface area contributed by atoms with Crippen LogP contribution in [0.4, 0.5) is 0 Å². The highest BCUT2D eigenvalue weighted by molar-refractivity contribution is 5.13. The van der Waals surface area contributed by atoms with E-state index in [4.69, 9.17) is 10.6 Å². The van der Waals surface area contributed by atoms with Crippen LogP contribution in [-0.4, -0.2) is 19.3 Å². The monoisotopic (exact) mass is 198 g/mol. The molecule has 0 radical (unpaired) electrons. The Balaban J connectivity index is 2.47. The topological polar surface area (TPSA) is 47.3 Å². The van der Waals surface area contributed by atoms with Gasteiger partial charge in [-0.15, -0.1) is 0 Å². The van der Waals surface area contributed by atoms with E-state index in [0.29, 0.717) is 6.04 Å². The Labute approximate surface area is 86.7 Å². The van der Waals surface area contributed by atoms with Crippen molar-refractivity contribution < 1.29 is 4.74 Å². The summed E-state index contributed by atoms with van der Waals surface area (Å²) >= 11 is 0. The van der Waals surface area contributed by atoms with Crippen molar-refractivity contribution in [3.05, 3.63) is 11.6 Å². The molecule has 0 saturated heterocycles. The number of methoxy groups -OCH3 is 1. The number of nitrogens with two attached hydrogens (primary N) is 1. The summed E-state index contributed by atoms with van der Waals surface area (Å²) in [5, 5.41) is 0. The Kier molecular flexibility index (Phi) is 5.15. The van der Waals surface area contributed by atoms with Crippen LogP contribution in [0.2, 0.25) is 0 Å². The highest BCUT2D eigenvalue weighted by Crippen LogP contribution is 2.22. The number of hydrazine groups is 1. The van der Waals surface area contributed by atoms with Gasteiger partial charge >= 0.3 is 0 Å². The van der Waals surface area contributed by atoms with Gasteiger partial charge < -0.3 is 4.74 Å². The molecule has 0 fully saturated rings. The molecule has 0 aliphatic heterocycles. The third-order valence-corrected chi connectivity index (χ3v) is 2.94. The highest BCUT2D eigenvalue weighted by Gasteiger charge is 2.17. The number of hydrogen-bond acceptors (Lipinski definition) is 3. The van der Waals surface area contributed by atoms with Crippen LogP contribution < -0.4 is 11.3 Å². The van der Waals surface area contributed by atoms with Gasteiger partial charge in [-0.1, -0.05) is 11.6 Å². The molecule has 82 valence electrons. The van der Waals surface area contributed by atoms with Gasteiger partial charge in [-0.05, 0) is 39.0 Å². The first-order chi connectivity index (χ1) is 6.77. The number of ether oxygens (including phenoxy) is 1. The average molecular weight is 198 g/mol. The summed E-state index contributed by atoms with van der Waals surface area (Å²) in [6.07, 6.45) is 8.56. The molecular formula is C11H22N2O. The summed E-state index contributed by atoms with van der Waals surface area (Å²) in [7, 11) is 1.74. The van der Waals surface area contributed by atoms with Crippen LogP contribution in [0.3, 0.4) is 0 Å². The molecule has 2 atom stereocenters. The molecule has 3 N–H and O–H groups in total. The molecule has 1 rings (SSSR count). The third kappa shape index (κ3) is 3.40. The van der Waals surface area contributed by atoms with Gasteiger partial charge in [0.25, 0.3) is 0 Å². The predicted octanol–water partition coefficient (Wildman–Crippen LogP) is 1.74. The minimum Gasteiger partial charge on any atom is -0.382 e. The van der Waals surface area contributed by atoms with Crippen LogP contribution >= 0.6 is 0 Å². The van der Waals surface area contributed by atoms with Crippen LogP contribution in [-0.2, 0) is 4.74 Å². The van der Waals surface area contributed by atoms with Gasteiger partial charge in [-0.2, -0.15) is 0 Å². The maximum Gasteiger partial charge on any atom is 0.0561 e. The molecule has 0 spiro atoms. The van der Waals surface area contributed by atoms with E-state index in [1.165, 1.54) is 31.3 Å². The van der Waals surface area contributed by atoms with Gasteiger partial charge in [0.05, 0.1) is 6.10 Å². The summed E-state index contributed by atoms with van der Waals surface area (Å²) in [5.74, 6) is 5.56. The summed E-state index contributed by atoms with van der Waals surface area (Å²) in [4.78, 5) is 0. The molecule has 2 unspecified atom stereocenters. The summed E-state index contributed by atoms with van der Waals surface area (Å²) < 4.78 is 5.25. The molecule has 0 saturated carbocycles. The fourth-order valence-electron chi connectivity index (χ4n) is 1.93. The van der Waals surface area contributed by atoms with Gasteiger partial charge in [0, 0.05) is 13.2 Å².